The monoisotopic (exact) mass is 372 g/mol. The van der Waals surface area contributed by atoms with Crippen LogP contribution >= 0.6 is 0 Å². The standard InChI is InChI=1S/C21H29N3O3/c1-6-27-21(26)19-11-15(2)24(16(19)3)14-20(25)22-12-17-9-7-8-10-18(17)13-23(4)5/h7-11H,6,12-14H2,1-5H3,(H,22,25)/p+1. The maximum absolute atomic E-state index is 12.5. The number of aryl methyl sites for hydroxylation is 1. The molecule has 0 spiro atoms. The molecule has 0 saturated heterocycles. The molecule has 0 aliphatic heterocycles. The number of carbonyl (C=O) groups is 2. The first-order chi connectivity index (χ1) is 12.8. The van der Waals surface area contributed by atoms with Crippen LogP contribution in [0.5, 0.6) is 0 Å². The van der Waals surface area contributed by atoms with Crippen LogP contribution < -0.4 is 10.2 Å². The zero-order valence-electron chi connectivity index (χ0n) is 16.9. The van der Waals surface area contributed by atoms with Crippen molar-refractivity contribution in [3.05, 3.63) is 58.4 Å². The van der Waals surface area contributed by atoms with Crippen molar-refractivity contribution in [1.29, 1.82) is 0 Å². The molecule has 0 bridgehead atoms. The minimum absolute atomic E-state index is 0.0841. The summed E-state index contributed by atoms with van der Waals surface area (Å²) in [6.07, 6.45) is 0. The van der Waals surface area contributed by atoms with E-state index in [4.69, 9.17) is 4.74 Å². The lowest BCUT2D eigenvalue weighted by Gasteiger charge is -2.14. The quantitative estimate of drug-likeness (QED) is 0.686. The number of amides is 1. The smallest absolute Gasteiger partial charge is 0.339 e. The van der Waals surface area contributed by atoms with Crippen molar-refractivity contribution in [3.63, 3.8) is 0 Å². The predicted molar refractivity (Wildman–Crippen MR) is 105 cm³/mol. The van der Waals surface area contributed by atoms with Gasteiger partial charge in [-0.2, -0.15) is 0 Å². The van der Waals surface area contributed by atoms with E-state index in [-0.39, 0.29) is 18.4 Å². The number of ether oxygens (including phenoxy) is 1. The largest absolute Gasteiger partial charge is 0.462 e. The molecule has 0 atom stereocenters. The minimum atomic E-state index is -0.350. The SMILES string of the molecule is CCOC(=O)c1cc(C)n(CC(=O)NCc2ccccc2C[NH+](C)C)c1C. The number of carbonyl (C=O) groups excluding carboxylic acids is 2. The summed E-state index contributed by atoms with van der Waals surface area (Å²) in [4.78, 5) is 25.8. The van der Waals surface area contributed by atoms with Gasteiger partial charge in [0.25, 0.3) is 0 Å². The Morgan fingerprint density at radius 3 is 2.44 bits per heavy atom. The summed E-state index contributed by atoms with van der Waals surface area (Å²) >= 11 is 0. The second-order valence-corrected chi connectivity index (χ2v) is 7.02. The molecule has 146 valence electrons. The van der Waals surface area contributed by atoms with Crippen LogP contribution in [0.25, 0.3) is 0 Å². The highest BCUT2D eigenvalue weighted by molar-refractivity contribution is 5.91. The van der Waals surface area contributed by atoms with Gasteiger partial charge in [-0.05, 0) is 32.4 Å². The molecular weight excluding hydrogens is 342 g/mol. The molecule has 6 heteroatoms. The zero-order valence-corrected chi connectivity index (χ0v) is 16.9. The van der Waals surface area contributed by atoms with Crippen molar-refractivity contribution in [2.75, 3.05) is 20.7 Å². The van der Waals surface area contributed by atoms with Crippen LogP contribution in [-0.4, -0.2) is 37.1 Å². The van der Waals surface area contributed by atoms with Gasteiger partial charge in [-0.3, -0.25) is 4.79 Å². The van der Waals surface area contributed by atoms with Crippen LogP contribution in [0.2, 0.25) is 0 Å². The number of hydrogen-bond acceptors (Lipinski definition) is 3. The molecule has 27 heavy (non-hydrogen) atoms. The zero-order chi connectivity index (χ0) is 20.0. The van der Waals surface area contributed by atoms with Crippen molar-refractivity contribution in [2.24, 2.45) is 0 Å². The van der Waals surface area contributed by atoms with Crippen LogP contribution in [0.15, 0.2) is 30.3 Å². The molecule has 0 fully saturated rings. The molecule has 0 radical (unpaired) electrons. The Balaban J connectivity index is 2.04. The first-order valence-electron chi connectivity index (χ1n) is 9.29. The first kappa shape index (κ1) is 20.7. The maximum atomic E-state index is 12.5. The Kier molecular flexibility index (Phi) is 7.19. The fourth-order valence-corrected chi connectivity index (χ4v) is 3.14. The van der Waals surface area contributed by atoms with Crippen LogP contribution in [0.3, 0.4) is 0 Å². The van der Waals surface area contributed by atoms with E-state index in [9.17, 15) is 9.59 Å². The van der Waals surface area contributed by atoms with E-state index < -0.39 is 0 Å². The molecule has 1 amide bonds. The number of quaternary nitrogens is 1. The summed E-state index contributed by atoms with van der Waals surface area (Å²) in [5, 5.41) is 2.99. The Morgan fingerprint density at radius 1 is 1.15 bits per heavy atom. The number of benzene rings is 1. The number of rotatable bonds is 8. The van der Waals surface area contributed by atoms with E-state index in [0.717, 1.165) is 23.5 Å². The number of nitrogens with one attached hydrogen (secondary N) is 2. The summed E-state index contributed by atoms with van der Waals surface area (Å²) in [6.45, 7) is 7.41. The van der Waals surface area contributed by atoms with Gasteiger partial charge in [0, 0.05) is 23.5 Å². The summed E-state index contributed by atoms with van der Waals surface area (Å²) in [5.41, 5.74) is 4.48. The van der Waals surface area contributed by atoms with Gasteiger partial charge in [0.05, 0.1) is 26.3 Å². The minimum Gasteiger partial charge on any atom is -0.462 e. The van der Waals surface area contributed by atoms with Crippen LogP contribution in [-0.2, 0) is 29.2 Å². The van der Waals surface area contributed by atoms with Gasteiger partial charge in [-0.25, -0.2) is 4.79 Å². The molecule has 2 rings (SSSR count). The van der Waals surface area contributed by atoms with Gasteiger partial charge in [0.2, 0.25) is 5.91 Å². The summed E-state index contributed by atoms with van der Waals surface area (Å²) in [5.74, 6) is -0.434. The molecule has 2 N–H and O–H groups in total. The lowest BCUT2D eigenvalue weighted by Crippen LogP contribution is -3.04. The van der Waals surface area contributed by atoms with Crippen LogP contribution in [0.4, 0.5) is 0 Å². The summed E-state index contributed by atoms with van der Waals surface area (Å²) in [6, 6.07) is 9.93. The molecule has 2 aromatic rings. The summed E-state index contributed by atoms with van der Waals surface area (Å²) in [7, 11) is 4.21. The van der Waals surface area contributed by atoms with Crippen LogP contribution in [0, 0.1) is 13.8 Å². The van der Waals surface area contributed by atoms with Gasteiger partial charge in [-0.15, -0.1) is 0 Å². The molecule has 1 aromatic heterocycles. The van der Waals surface area contributed by atoms with Gasteiger partial charge in [-0.1, -0.05) is 24.3 Å². The molecule has 0 aliphatic rings. The molecule has 1 aromatic carbocycles. The third-order valence-electron chi connectivity index (χ3n) is 4.51. The van der Waals surface area contributed by atoms with Gasteiger partial charge >= 0.3 is 5.97 Å². The lowest BCUT2D eigenvalue weighted by atomic mass is 10.1. The second kappa shape index (κ2) is 9.37. The van der Waals surface area contributed by atoms with E-state index in [2.05, 4.69) is 25.5 Å². The molecule has 0 saturated carbocycles. The Bertz CT molecular complexity index is 809. The van der Waals surface area contributed by atoms with Crippen molar-refractivity contribution in [1.82, 2.24) is 9.88 Å². The van der Waals surface area contributed by atoms with Crippen molar-refractivity contribution in [2.45, 2.75) is 40.4 Å². The van der Waals surface area contributed by atoms with Crippen molar-refractivity contribution < 1.29 is 19.2 Å². The molecule has 0 unspecified atom stereocenters. The van der Waals surface area contributed by atoms with Crippen molar-refractivity contribution >= 4 is 11.9 Å². The number of aromatic nitrogens is 1. The summed E-state index contributed by atoms with van der Waals surface area (Å²) < 4.78 is 6.92. The highest BCUT2D eigenvalue weighted by Crippen LogP contribution is 2.16. The Hall–Kier alpha value is -2.60. The van der Waals surface area contributed by atoms with E-state index in [1.807, 2.05) is 36.6 Å². The first-order valence-corrected chi connectivity index (χ1v) is 9.29. The Labute approximate surface area is 161 Å². The number of esters is 1. The van der Waals surface area contributed by atoms with Crippen molar-refractivity contribution in [3.8, 4) is 0 Å². The molecule has 0 aliphatic carbocycles. The topological polar surface area (TPSA) is 64.8 Å². The highest BCUT2D eigenvalue weighted by Gasteiger charge is 2.18. The molecule has 1 heterocycles. The Morgan fingerprint density at radius 2 is 1.81 bits per heavy atom. The third-order valence-corrected chi connectivity index (χ3v) is 4.51. The van der Waals surface area contributed by atoms with E-state index in [1.54, 1.807) is 13.0 Å². The average Bonchev–Trinajstić information content (AvgIpc) is 2.89. The van der Waals surface area contributed by atoms with E-state index in [1.165, 1.54) is 10.5 Å². The lowest BCUT2D eigenvalue weighted by molar-refractivity contribution is -0.872. The fourth-order valence-electron chi connectivity index (χ4n) is 3.14. The number of hydrogen-bond donors (Lipinski definition) is 2. The highest BCUT2D eigenvalue weighted by atomic mass is 16.5. The maximum Gasteiger partial charge on any atom is 0.339 e. The van der Waals surface area contributed by atoms with Crippen LogP contribution in [0.1, 0.15) is 39.8 Å². The van der Waals surface area contributed by atoms with E-state index >= 15 is 0 Å². The number of nitrogens with zero attached hydrogens (tertiary/aromatic N) is 1. The molecular formula is C21H30N3O3+. The predicted octanol–water partition coefficient (Wildman–Crippen LogP) is 1.24. The third kappa shape index (κ3) is 5.44. The van der Waals surface area contributed by atoms with Gasteiger partial charge in [0.15, 0.2) is 0 Å². The normalized spacial score (nSPS) is 10.9. The fraction of sp³-hybridized carbons (Fsp3) is 0.429. The van der Waals surface area contributed by atoms with Gasteiger partial charge in [0.1, 0.15) is 13.1 Å². The second-order valence-electron chi connectivity index (χ2n) is 7.02. The molecule has 6 nitrogen and oxygen atoms in total. The average molecular weight is 372 g/mol. The van der Waals surface area contributed by atoms with E-state index in [0.29, 0.717) is 18.7 Å². The van der Waals surface area contributed by atoms with Gasteiger partial charge < -0.3 is 19.5 Å².